The molecule has 0 radical (unpaired) electrons. The average Bonchev–Trinajstić information content (AvgIpc) is 3.05. The van der Waals surface area contributed by atoms with E-state index in [9.17, 15) is 21.6 Å². The lowest BCUT2D eigenvalue weighted by atomic mass is 9.96. The lowest BCUT2D eigenvalue weighted by Gasteiger charge is -2.17. The normalized spacial score (nSPS) is 12.5. The van der Waals surface area contributed by atoms with Gasteiger partial charge in [0.2, 0.25) is 16.0 Å². The summed E-state index contributed by atoms with van der Waals surface area (Å²) in [7, 11) is -0.985. The van der Waals surface area contributed by atoms with Crippen LogP contribution in [0.2, 0.25) is 5.02 Å². The maximum Gasteiger partial charge on any atom is 0.417 e. The number of halogens is 4. The van der Waals surface area contributed by atoms with Crippen molar-refractivity contribution >= 4 is 27.6 Å². The standard InChI is InChI=1S/C18H17ClF3N5O2S/c1-27(2)30(28,29)12-5-3-11(4-6-12)16-13(18(20,21)22)7-10(8-14(16)19)9-15-24-17(23)26-25-15/h3-8H,9H2,1-2H3,(H3,23,24,25,26). The first-order chi connectivity index (χ1) is 13.9. The van der Waals surface area contributed by atoms with Crippen LogP contribution in [0.1, 0.15) is 17.0 Å². The topological polar surface area (TPSA) is 105 Å². The first-order valence-electron chi connectivity index (χ1n) is 8.49. The van der Waals surface area contributed by atoms with Crippen LogP contribution in [0.4, 0.5) is 19.1 Å². The van der Waals surface area contributed by atoms with Gasteiger partial charge in [0.25, 0.3) is 0 Å². The Balaban J connectivity index is 2.08. The van der Waals surface area contributed by atoms with Crippen molar-refractivity contribution in [1.82, 2.24) is 19.5 Å². The van der Waals surface area contributed by atoms with Crippen LogP contribution in [0.15, 0.2) is 41.3 Å². The second-order valence-corrected chi connectivity index (χ2v) is 9.19. The fourth-order valence-corrected chi connectivity index (χ4v) is 4.12. The highest BCUT2D eigenvalue weighted by molar-refractivity contribution is 7.89. The third-order valence-corrected chi connectivity index (χ3v) is 6.42. The molecule has 3 rings (SSSR count). The summed E-state index contributed by atoms with van der Waals surface area (Å²) in [5.74, 6) is 0.277. The molecule has 1 aromatic heterocycles. The van der Waals surface area contributed by atoms with Crippen LogP contribution < -0.4 is 5.73 Å². The highest BCUT2D eigenvalue weighted by Crippen LogP contribution is 2.42. The molecule has 7 nitrogen and oxygen atoms in total. The molecule has 0 aliphatic heterocycles. The van der Waals surface area contributed by atoms with E-state index in [1.54, 1.807) is 0 Å². The molecule has 0 aliphatic rings. The molecule has 2 aromatic carbocycles. The number of sulfonamides is 1. The molecule has 0 saturated heterocycles. The van der Waals surface area contributed by atoms with Crippen molar-refractivity contribution in [1.29, 1.82) is 0 Å². The fraction of sp³-hybridized carbons (Fsp3) is 0.222. The zero-order valence-electron chi connectivity index (χ0n) is 15.8. The third kappa shape index (κ3) is 4.42. The summed E-state index contributed by atoms with van der Waals surface area (Å²) in [5.41, 5.74) is 4.64. The van der Waals surface area contributed by atoms with E-state index >= 15 is 0 Å². The van der Waals surface area contributed by atoms with E-state index in [2.05, 4.69) is 15.2 Å². The van der Waals surface area contributed by atoms with Gasteiger partial charge in [-0.25, -0.2) is 12.7 Å². The quantitative estimate of drug-likeness (QED) is 0.607. The zero-order valence-corrected chi connectivity index (χ0v) is 17.4. The van der Waals surface area contributed by atoms with E-state index < -0.39 is 21.8 Å². The number of nitrogens with one attached hydrogen (secondary N) is 1. The average molecular weight is 460 g/mol. The largest absolute Gasteiger partial charge is 0.417 e. The molecule has 0 aliphatic carbocycles. The highest BCUT2D eigenvalue weighted by atomic mass is 35.5. The molecule has 0 saturated carbocycles. The van der Waals surface area contributed by atoms with Crippen molar-refractivity contribution in [3.63, 3.8) is 0 Å². The van der Waals surface area contributed by atoms with Crippen LogP contribution in [-0.4, -0.2) is 42.0 Å². The minimum atomic E-state index is -4.69. The van der Waals surface area contributed by atoms with Crippen molar-refractivity contribution in [2.75, 3.05) is 19.8 Å². The van der Waals surface area contributed by atoms with Gasteiger partial charge >= 0.3 is 6.18 Å². The lowest BCUT2D eigenvalue weighted by Crippen LogP contribution is -2.22. The summed E-state index contributed by atoms with van der Waals surface area (Å²) in [4.78, 5) is 3.84. The maximum atomic E-state index is 13.8. The third-order valence-electron chi connectivity index (χ3n) is 4.30. The Bertz CT molecular complexity index is 1180. The molecule has 1 heterocycles. The highest BCUT2D eigenvalue weighted by Gasteiger charge is 2.35. The van der Waals surface area contributed by atoms with Crippen LogP contribution in [0.3, 0.4) is 0 Å². The smallest absolute Gasteiger partial charge is 0.367 e. The monoisotopic (exact) mass is 459 g/mol. The summed E-state index contributed by atoms with van der Waals surface area (Å²) in [6.07, 6.45) is -4.67. The number of nitrogens with two attached hydrogens (primary N) is 1. The predicted octanol–water partition coefficient (Wildman–Crippen LogP) is 3.57. The Morgan fingerprint density at radius 2 is 1.80 bits per heavy atom. The van der Waals surface area contributed by atoms with Crippen molar-refractivity contribution in [2.45, 2.75) is 17.5 Å². The van der Waals surface area contributed by atoms with E-state index in [0.717, 1.165) is 10.4 Å². The number of alkyl halides is 3. The zero-order chi connectivity index (χ0) is 22.3. The van der Waals surface area contributed by atoms with Crippen LogP contribution >= 0.6 is 11.6 Å². The SMILES string of the molecule is CN(C)S(=O)(=O)c1ccc(-c2c(Cl)cc(Cc3nc(N)n[nH]3)cc2C(F)(F)F)cc1. The van der Waals surface area contributed by atoms with Crippen molar-refractivity contribution in [2.24, 2.45) is 0 Å². The molecule has 0 unspecified atom stereocenters. The Kier molecular flexibility index (Phi) is 5.81. The van der Waals surface area contributed by atoms with Crippen LogP contribution in [0, 0.1) is 0 Å². The molecule has 30 heavy (non-hydrogen) atoms. The van der Waals surface area contributed by atoms with Gasteiger partial charge < -0.3 is 5.73 Å². The molecule has 3 aromatic rings. The molecular weight excluding hydrogens is 443 g/mol. The van der Waals surface area contributed by atoms with Gasteiger partial charge in [0.15, 0.2) is 0 Å². The number of aromatic nitrogens is 3. The molecular formula is C18H17ClF3N5O2S. The molecule has 0 spiro atoms. The summed E-state index contributed by atoms with van der Waals surface area (Å²) in [6, 6.07) is 7.45. The van der Waals surface area contributed by atoms with Gasteiger partial charge in [-0.15, -0.1) is 5.10 Å². The number of nitrogen functional groups attached to an aromatic ring is 1. The summed E-state index contributed by atoms with van der Waals surface area (Å²) in [5, 5.41) is 6.05. The van der Waals surface area contributed by atoms with Crippen molar-refractivity contribution in [3.8, 4) is 11.1 Å². The predicted molar refractivity (Wildman–Crippen MR) is 106 cm³/mol. The number of anilines is 1. The van der Waals surface area contributed by atoms with Crippen LogP contribution in [0.5, 0.6) is 0 Å². The van der Waals surface area contributed by atoms with Gasteiger partial charge in [-0.05, 0) is 35.4 Å². The Hall–Kier alpha value is -2.63. The number of rotatable bonds is 5. The summed E-state index contributed by atoms with van der Waals surface area (Å²) >= 11 is 6.23. The maximum absolute atomic E-state index is 13.8. The second kappa shape index (κ2) is 7.89. The van der Waals surface area contributed by atoms with Crippen molar-refractivity contribution in [3.05, 3.63) is 58.4 Å². The molecule has 0 fully saturated rings. The molecule has 160 valence electrons. The summed E-state index contributed by atoms with van der Waals surface area (Å²) < 4.78 is 66.8. The number of benzene rings is 2. The van der Waals surface area contributed by atoms with Gasteiger partial charge in [-0.3, -0.25) is 5.10 Å². The number of H-pyrrole nitrogens is 1. The van der Waals surface area contributed by atoms with Crippen molar-refractivity contribution < 1.29 is 21.6 Å². The lowest BCUT2D eigenvalue weighted by molar-refractivity contribution is -0.137. The molecule has 0 atom stereocenters. The van der Waals surface area contributed by atoms with E-state index in [0.29, 0.717) is 5.82 Å². The molecule has 0 bridgehead atoms. The molecule has 3 N–H and O–H groups in total. The van der Waals surface area contributed by atoms with Gasteiger partial charge in [-0.1, -0.05) is 23.7 Å². The molecule has 0 amide bonds. The Morgan fingerprint density at radius 3 is 2.30 bits per heavy atom. The minimum absolute atomic E-state index is 0.0171. The van der Waals surface area contributed by atoms with Gasteiger partial charge in [0.05, 0.1) is 10.5 Å². The van der Waals surface area contributed by atoms with E-state index in [1.807, 2.05) is 0 Å². The van der Waals surface area contributed by atoms with Gasteiger partial charge in [0.1, 0.15) is 5.82 Å². The van der Waals surface area contributed by atoms with E-state index in [1.165, 1.54) is 44.4 Å². The molecule has 12 heteroatoms. The van der Waals surface area contributed by atoms with Gasteiger partial charge in [-0.2, -0.15) is 18.2 Å². The van der Waals surface area contributed by atoms with Gasteiger partial charge in [0, 0.05) is 31.1 Å². The number of nitrogens with zero attached hydrogens (tertiary/aromatic N) is 3. The van der Waals surface area contributed by atoms with E-state index in [4.69, 9.17) is 17.3 Å². The Morgan fingerprint density at radius 1 is 1.17 bits per heavy atom. The Labute approximate surface area is 175 Å². The fourth-order valence-electron chi connectivity index (χ4n) is 2.87. The van der Waals surface area contributed by atoms with Crippen LogP contribution in [-0.2, 0) is 22.6 Å². The second-order valence-electron chi connectivity index (χ2n) is 6.63. The van der Waals surface area contributed by atoms with E-state index in [-0.39, 0.29) is 39.0 Å². The minimum Gasteiger partial charge on any atom is -0.367 e. The van der Waals surface area contributed by atoms with Crippen LogP contribution in [0.25, 0.3) is 11.1 Å². The number of hydrogen-bond donors (Lipinski definition) is 2. The first kappa shape index (κ1) is 22.1. The number of aromatic amines is 1. The summed E-state index contributed by atoms with van der Waals surface area (Å²) in [6.45, 7) is 0. The first-order valence-corrected chi connectivity index (χ1v) is 10.3. The number of hydrogen-bond acceptors (Lipinski definition) is 5.